The summed E-state index contributed by atoms with van der Waals surface area (Å²) in [5, 5.41) is 0. The Kier molecular flexibility index (Phi) is 2.36. The smallest absolute Gasteiger partial charge is 0.348 e. The van der Waals surface area contributed by atoms with Crippen molar-refractivity contribution in [2.45, 2.75) is 0 Å². The largest absolute Gasteiger partial charge is 0.418 e. The van der Waals surface area contributed by atoms with Crippen molar-refractivity contribution in [1.82, 2.24) is 0 Å². The molecule has 0 aromatic heterocycles. The molecule has 0 radical (unpaired) electrons. The molecule has 0 spiro atoms. The lowest BCUT2D eigenvalue weighted by atomic mass is 11.3. The van der Waals surface area contributed by atoms with Crippen LogP contribution >= 0.6 is 0 Å². The SMILES string of the molecule is CS(=O)OC(N)=O. The second kappa shape index (κ2) is 2.57. The Labute approximate surface area is 43.3 Å². The van der Waals surface area contributed by atoms with E-state index in [1.54, 1.807) is 0 Å². The van der Waals surface area contributed by atoms with Crippen LogP contribution in [0.25, 0.3) is 0 Å². The highest BCUT2D eigenvalue weighted by Crippen LogP contribution is 1.74. The number of primary amides is 1. The van der Waals surface area contributed by atoms with Gasteiger partial charge in [0.15, 0.2) is 0 Å². The topological polar surface area (TPSA) is 69.4 Å². The molecule has 4 nitrogen and oxygen atoms in total. The van der Waals surface area contributed by atoms with Gasteiger partial charge in [-0.2, -0.15) is 0 Å². The maximum absolute atomic E-state index is 9.84. The summed E-state index contributed by atoms with van der Waals surface area (Å²) in [6.45, 7) is 0. The second-order valence-electron chi connectivity index (χ2n) is 0.804. The van der Waals surface area contributed by atoms with Crippen LogP contribution in [0.4, 0.5) is 4.79 Å². The van der Waals surface area contributed by atoms with Crippen molar-refractivity contribution in [1.29, 1.82) is 0 Å². The number of carbonyl (C=O) groups excluding carboxylic acids is 1. The zero-order chi connectivity index (χ0) is 5.86. The molecule has 0 aromatic carbocycles. The first-order chi connectivity index (χ1) is 3.13. The molecule has 0 fully saturated rings. The van der Waals surface area contributed by atoms with Gasteiger partial charge in [0.25, 0.3) is 0 Å². The molecule has 0 aliphatic rings. The van der Waals surface area contributed by atoms with Gasteiger partial charge in [0.05, 0.1) is 0 Å². The summed E-state index contributed by atoms with van der Waals surface area (Å²) in [4.78, 5) is 9.62. The highest BCUT2D eigenvalue weighted by Gasteiger charge is 1.92. The molecular weight excluding hydrogens is 118 g/mol. The minimum atomic E-state index is -1.57. The summed E-state index contributed by atoms with van der Waals surface area (Å²) in [7, 11) is 0. The van der Waals surface area contributed by atoms with E-state index in [9.17, 15) is 9.00 Å². The van der Waals surface area contributed by atoms with Gasteiger partial charge in [-0.15, -0.1) is 0 Å². The monoisotopic (exact) mass is 123 g/mol. The lowest BCUT2D eigenvalue weighted by Crippen LogP contribution is -2.13. The predicted octanol–water partition coefficient (Wildman–Crippen LogP) is -0.625. The van der Waals surface area contributed by atoms with Crippen LogP contribution in [0.15, 0.2) is 0 Å². The van der Waals surface area contributed by atoms with Crippen LogP contribution in [-0.2, 0) is 15.3 Å². The fourth-order valence-corrected chi connectivity index (χ4v) is 0.347. The molecule has 1 unspecified atom stereocenters. The van der Waals surface area contributed by atoms with E-state index in [1.807, 2.05) is 0 Å². The third kappa shape index (κ3) is 5.42. The summed E-state index contributed by atoms with van der Waals surface area (Å²) in [5.74, 6) is 0. The zero-order valence-electron chi connectivity index (χ0n) is 3.71. The van der Waals surface area contributed by atoms with E-state index in [2.05, 4.69) is 9.92 Å². The van der Waals surface area contributed by atoms with Crippen molar-refractivity contribution in [2.24, 2.45) is 5.73 Å². The molecule has 0 heterocycles. The number of hydrogen-bond acceptors (Lipinski definition) is 3. The Bertz CT molecular complexity index is 89.1. The number of rotatable bonds is 1. The van der Waals surface area contributed by atoms with Crippen molar-refractivity contribution >= 4 is 17.2 Å². The first-order valence-electron chi connectivity index (χ1n) is 1.44. The van der Waals surface area contributed by atoms with E-state index in [0.29, 0.717) is 0 Å². The Morgan fingerprint density at radius 2 is 2.29 bits per heavy atom. The summed E-state index contributed by atoms with van der Waals surface area (Å²) in [5.41, 5.74) is 4.44. The van der Waals surface area contributed by atoms with Gasteiger partial charge in [0.2, 0.25) is 11.1 Å². The van der Waals surface area contributed by atoms with E-state index < -0.39 is 17.2 Å². The van der Waals surface area contributed by atoms with Gasteiger partial charge in [-0.25, -0.2) is 9.00 Å². The lowest BCUT2D eigenvalue weighted by Gasteiger charge is -1.88. The normalized spacial score (nSPS) is 12.7. The number of nitrogens with two attached hydrogens (primary N) is 1. The average Bonchev–Trinajstić information content (AvgIpc) is 1.27. The molecule has 1 atom stereocenters. The molecule has 7 heavy (non-hydrogen) atoms. The molecule has 1 amide bonds. The molecule has 0 rings (SSSR count). The zero-order valence-corrected chi connectivity index (χ0v) is 4.53. The Hall–Kier alpha value is -0.580. The quantitative estimate of drug-likeness (QED) is 0.505. The Balaban J connectivity index is 3.32. The van der Waals surface area contributed by atoms with Crippen LogP contribution in [0.5, 0.6) is 0 Å². The van der Waals surface area contributed by atoms with Crippen LogP contribution < -0.4 is 5.73 Å². The molecule has 0 aromatic rings. The first-order valence-corrected chi connectivity index (χ1v) is 2.92. The van der Waals surface area contributed by atoms with Crippen LogP contribution in [0.3, 0.4) is 0 Å². The molecule has 42 valence electrons. The van der Waals surface area contributed by atoms with E-state index in [1.165, 1.54) is 6.26 Å². The molecule has 0 saturated carbocycles. The van der Waals surface area contributed by atoms with Gasteiger partial charge in [-0.3, -0.25) is 0 Å². The molecule has 2 N–H and O–H groups in total. The van der Waals surface area contributed by atoms with Crippen LogP contribution in [0.2, 0.25) is 0 Å². The molecule has 0 aliphatic carbocycles. The number of amides is 1. The number of carbonyl (C=O) groups is 1. The van der Waals surface area contributed by atoms with E-state index in [4.69, 9.17) is 0 Å². The van der Waals surface area contributed by atoms with Crippen LogP contribution in [-0.4, -0.2) is 16.6 Å². The van der Waals surface area contributed by atoms with Crippen LogP contribution in [0, 0.1) is 0 Å². The molecule has 0 bridgehead atoms. The van der Waals surface area contributed by atoms with Gasteiger partial charge in [-0.1, -0.05) is 0 Å². The Morgan fingerprint density at radius 3 is 2.29 bits per heavy atom. The van der Waals surface area contributed by atoms with Gasteiger partial charge in [0, 0.05) is 6.26 Å². The van der Waals surface area contributed by atoms with Crippen molar-refractivity contribution in [3.63, 3.8) is 0 Å². The standard InChI is InChI=1S/C2H5NO3S/c1-7(5)6-2(3)4/h1H3,(H2,3,4). The predicted molar refractivity (Wildman–Crippen MR) is 24.7 cm³/mol. The highest BCUT2D eigenvalue weighted by molar-refractivity contribution is 7.79. The molecule has 0 saturated heterocycles. The average molecular weight is 123 g/mol. The first kappa shape index (κ1) is 6.42. The van der Waals surface area contributed by atoms with Crippen molar-refractivity contribution in [2.75, 3.05) is 6.26 Å². The third-order valence-corrected chi connectivity index (χ3v) is 0.598. The van der Waals surface area contributed by atoms with Gasteiger partial charge in [-0.05, 0) is 0 Å². The van der Waals surface area contributed by atoms with E-state index in [0.717, 1.165) is 0 Å². The Morgan fingerprint density at radius 1 is 1.86 bits per heavy atom. The van der Waals surface area contributed by atoms with Crippen molar-refractivity contribution in [3.8, 4) is 0 Å². The number of hydrogen-bond donors (Lipinski definition) is 1. The van der Waals surface area contributed by atoms with Crippen LogP contribution in [0.1, 0.15) is 0 Å². The van der Waals surface area contributed by atoms with Gasteiger partial charge in [0.1, 0.15) is 0 Å². The molecule has 0 aliphatic heterocycles. The van der Waals surface area contributed by atoms with E-state index >= 15 is 0 Å². The third-order valence-electron chi connectivity index (χ3n) is 0.199. The fourth-order valence-electron chi connectivity index (χ4n) is 0.116. The van der Waals surface area contributed by atoms with E-state index in [-0.39, 0.29) is 0 Å². The molecule has 5 heteroatoms. The van der Waals surface area contributed by atoms with Gasteiger partial charge < -0.3 is 9.92 Å². The summed E-state index contributed by atoms with van der Waals surface area (Å²) >= 11 is -1.57. The maximum atomic E-state index is 9.84. The maximum Gasteiger partial charge on any atom is 0.418 e. The summed E-state index contributed by atoms with van der Waals surface area (Å²) < 4.78 is 13.7. The minimum absolute atomic E-state index is 1.01. The fraction of sp³-hybridized carbons (Fsp3) is 0.500. The second-order valence-corrected chi connectivity index (χ2v) is 1.77. The summed E-state index contributed by atoms with van der Waals surface area (Å²) in [6.07, 6.45) is 0.200. The molecular formula is C2H5NO3S. The summed E-state index contributed by atoms with van der Waals surface area (Å²) in [6, 6.07) is 0. The minimum Gasteiger partial charge on any atom is -0.348 e. The van der Waals surface area contributed by atoms with Crippen molar-refractivity contribution < 1.29 is 13.2 Å². The lowest BCUT2D eigenvalue weighted by molar-refractivity contribution is 0.216. The highest BCUT2D eigenvalue weighted by atomic mass is 32.2. The van der Waals surface area contributed by atoms with Gasteiger partial charge >= 0.3 is 6.09 Å². The van der Waals surface area contributed by atoms with Crippen molar-refractivity contribution in [3.05, 3.63) is 0 Å².